The minimum absolute atomic E-state index is 0.107. The molecule has 0 aliphatic carbocycles. The highest BCUT2D eigenvalue weighted by Crippen LogP contribution is 2.19. The monoisotopic (exact) mass is 395 g/mol. The second-order valence-electron chi connectivity index (χ2n) is 4.84. The highest BCUT2D eigenvalue weighted by Gasteiger charge is 2.10. The van der Waals surface area contributed by atoms with Gasteiger partial charge in [0.25, 0.3) is 10.0 Å². The Bertz CT molecular complexity index is 875. The van der Waals surface area contributed by atoms with Crippen LogP contribution in [-0.4, -0.2) is 19.5 Å². The number of nitrogens with one attached hydrogen (secondary N) is 1. The molecule has 0 unspecified atom stereocenters. The maximum Gasteiger partial charge on any atom is 0.335 e. The lowest BCUT2D eigenvalue weighted by molar-refractivity contribution is 0.0697. The standard InChI is InChI=1S/C16H14BrNO4S/c1-11-9-13(16(19)20)5-6-15(11)18-23(21,22)8-7-12-3-2-4-14(17)10-12/h2-10,18H,1H3,(H,19,20). The molecule has 0 saturated carbocycles. The van der Waals surface area contributed by atoms with E-state index in [1.54, 1.807) is 25.1 Å². The van der Waals surface area contributed by atoms with Gasteiger partial charge >= 0.3 is 5.97 Å². The number of rotatable bonds is 5. The van der Waals surface area contributed by atoms with Crippen molar-refractivity contribution in [3.05, 3.63) is 69.0 Å². The second kappa shape index (κ2) is 6.97. The van der Waals surface area contributed by atoms with Gasteiger partial charge in [-0.25, -0.2) is 13.2 Å². The number of halogens is 1. The molecule has 0 aromatic heterocycles. The van der Waals surface area contributed by atoms with Crippen LogP contribution in [0.25, 0.3) is 6.08 Å². The van der Waals surface area contributed by atoms with Gasteiger partial charge in [-0.3, -0.25) is 4.72 Å². The van der Waals surface area contributed by atoms with Crippen molar-refractivity contribution in [2.45, 2.75) is 6.92 Å². The van der Waals surface area contributed by atoms with Crippen molar-refractivity contribution in [3.63, 3.8) is 0 Å². The first kappa shape index (κ1) is 17.2. The van der Waals surface area contributed by atoms with E-state index in [1.165, 1.54) is 24.3 Å². The van der Waals surface area contributed by atoms with Crippen molar-refractivity contribution >= 4 is 43.7 Å². The number of benzene rings is 2. The Morgan fingerprint density at radius 1 is 1.22 bits per heavy atom. The largest absolute Gasteiger partial charge is 0.478 e. The van der Waals surface area contributed by atoms with Crippen LogP contribution in [0.1, 0.15) is 21.5 Å². The van der Waals surface area contributed by atoms with Crippen molar-refractivity contribution in [1.29, 1.82) is 0 Å². The average Bonchev–Trinajstić information content (AvgIpc) is 2.47. The van der Waals surface area contributed by atoms with E-state index >= 15 is 0 Å². The number of carboxylic acids is 1. The van der Waals surface area contributed by atoms with E-state index in [9.17, 15) is 13.2 Å². The summed E-state index contributed by atoms with van der Waals surface area (Å²) in [4.78, 5) is 10.9. The number of carbonyl (C=O) groups is 1. The summed E-state index contributed by atoms with van der Waals surface area (Å²) in [5, 5.41) is 9.98. The maximum absolute atomic E-state index is 12.1. The molecule has 5 nitrogen and oxygen atoms in total. The van der Waals surface area contributed by atoms with E-state index in [2.05, 4.69) is 20.7 Å². The molecule has 0 amide bonds. The van der Waals surface area contributed by atoms with Crippen LogP contribution in [0.3, 0.4) is 0 Å². The molecule has 0 bridgehead atoms. The van der Waals surface area contributed by atoms with Crippen LogP contribution in [0, 0.1) is 6.92 Å². The summed E-state index contributed by atoms with van der Waals surface area (Å²) in [6.45, 7) is 1.64. The van der Waals surface area contributed by atoms with Crippen LogP contribution < -0.4 is 4.72 Å². The SMILES string of the molecule is Cc1cc(C(=O)O)ccc1NS(=O)(=O)C=Cc1cccc(Br)c1. The third kappa shape index (κ3) is 4.94. The Morgan fingerprint density at radius 2 is 1.96 bits per heavy atom. The van der Waals surface area contributed by atoms with Crippen LogP contribution in [0.4, 0.5) is 5.69 Å². The van der Waals surface area contributed by atoms with E-state index < -0.39 is 16.0 Å². The van der Waals surface area contributed by atoms with Crippen LogP contribution in [0.15, 0.2) is 52.3 Å². The van der Waals surface area contributed by atoms with E-state index in [1.807, 2.05) is 6.07 Å². The van der Waals surface area contributed by atoms with Crippen molar-refractivity contribution < 1.29 is 18.3 Å². The number of anilines is 1. The first-order valence-corrected chi connectivity index (χ1v) is 8.91. The van der Waals surface area contributed by atoms with Gasteiger partial charge in [-0.05, 0) is 54.5 Å². The molecule has 2 N–H and O–H groups in total. The second-order valence-corrected chi connectivity index (χ2v) is 7.32. The first-order valence-electron chi connectivity index (χ1n) is 6.57. The third-order valence-electron chi connectivity index (χ3n) is 3.01. The van der Waals surface area contributed by atoms with Crippen LogP contribution in [0.2, 0.25) is 0 Å². The number of aromatic carboxylic acids is 1. The van der Waals surface area contributed by atoms with Gasteiger partial charge in [-0.2, -0.15) is 0 Å². The van der Waals surface area contributed by atoms with Crippen molar-refractivity contribution in [3.8, 4) is 0 Å². The van der Waals surface area contributed by atoms with Gasteiger partial charge in [-0.15, -0.1) is 0 Å². The molecule has 0 aliphatic heterocycles. The molecule has 0 fully saturated rings. The Kier molecular flexibility index (Phi) is 5.23. The van der Waals surface area contributed by atoms with Gasteiger partial charge in [0.15, 0.2) is 0 Å². The number of aryl methyl sites for hydroxylation is 1. The molecule has 23 heavy (non-hydrogen) atoms. The molecule has 0 radical (unpaired) electrons. The van der Waals surface area contributed by atoms with Crippen molar-refractivity contribution in [1.82, 2.24) is 0 Å². The smallest absolute Gasteiger partial charge is 0.335 e. The Hall–Kier alpha value is -2.12. The van der Waals surface area contributed by atoms with Crippen LogP contribution in [-0.2, 0) is 10.0 Å². The van der Waals surface area contributed by atoms with Crippen molar-refractivity contribution in [2.24, 2.45) is 0 Å². The van der Waals surface area contributed by atoms with E-state index in [0.29, 0.717) is 11.3 Å². The molecule has 0 heterocycles. The highest BCUT2D eigenvalue weighted by atomic mass is 79.9. The zero-order valence-electron chi connectivity index (χ0n) is 12.2. The maximum atomic E-state index is 12.1. The summed E-state index contributed by atoms with van der Waals surface area (Å²) in [7, 11) is -3.69. The molecular weight excluding hydrogens is 382 g/mol. The zero-order chi connectivity index (χ0) is 17.0. The van der Waals surface area contributed by atoms with Crippen LogP contribution >= 0.6 is 15.9 Å². The van der Waals surface area contributed by atoms with Gasteiger partial charge in [0.2, 0.25) is 0 Å². The third-order valence-corrected chi connectivity index (χ3v) is 4.51. The average molecular weight is 396 g/mol. The normalized spacial score (nSPS) is 11.6. The summed E-state index contributed by atoms with van der Waals surface area (Å²) in [5.41, 5.74) is 1.72. The number of carboxylic acid groups (broad SMARTS) is 1. The predicted octanol–water partition coefficient (Wildman–Crippen LogP) is 3.87. The summed E-state index contributed by atoms with van der Waals surface area (Å²) >= 11 is 3.32. The lowest BCUT2D eigenvalue weighted by Gasteiger charge is -2.08. The van der Waals surface area contributed by atoms with Gasteiger partial charge in [0.1, 0.15) is 0 Å². The summed E-state index contributed by atoms with van der Waals surface area (Å²) < 4.78 is 27.5. The van der Waals surface area contributed by atoms with Crippen LogP contribution in [0.5, 0.6) is 0 Å². The minimum Gasteiger partial charge on any atom is -0.478 e. The highest BCUT2D eigenvalue weighted by molar-refractivity contribution is 9.10. The molecule has 2 aromatic carbocycles. The predicted molar refractivity (Wildman–Crippen MR) is 93.9 cm³/mol. The molecule has 0 spiro atoms. The molecule has 2 aromatic rings. The van der Waals surface area contributed by atoms with Gasteiger partial charge < -0.3 is 5.11 Å². The number of sulfonamides is 1. The molecule has 2 rings (SSSR count). The quantitative estimate of drug-likeness (QED) is 0.804. The van der Waals surface area contributed by atoms with Gasteiger partial charge in [0.05, 0.1) is 16.7 Å². The fraction of sp³-hybridized carbons (Fsp3) is 0.0625. The number of hydrogen-bond donors (Lipinski definition) is 2. The van der Waals surface area contributed by atoms with Crippen molar-refractivity contribution in [2.75, 3.05) is 4.72 Å². The van der Waals surface area contributed by atoms with E-state index in [4.69, 9.17) is 5.11 Å². The topological polar surface area (TPSA) is 83.5 Å². The molecule has 120 valence electrons. The zero-order valence-corrected chi connectivity index (χ0v) is 14.6. The fourth-order valence-electron chi connectivity index (χ4n) is 1.88. The van der Waals surface area contributed by atoms with Gasteiger partial charge in [0, 0.05) is 4.47 Å². The molecule has 0 saturated heterocycles. The Balaban J connectivity index is 2.20. The van der Waals surface area contributed by atoms with E-state index in [0.717, 1.165) is 15.4 Å². The molecular formula is C16H14BrNO4S. The number of hydrogen-bond acceptors (Lipinski definition) is 3. The minimum atomic E-state index is -3.69. The molecule has 0 atom stereocenters. The molecule has 7 heteroatoms. The summed E-state index contributed by atoms with van der Waals surface area (Å²) in [6, 6.07) is 11.4. The van der Waals surface area contributed by atoms with Gasteiger partial charge in [-0.1, -0.05) is 28.1 Å². The lowest BCUT2D eigenvalue weighted by atomic mass is 10.1. The summed E-state index contributed by atoms with van der Waals surface area (Å²) in [5.74, 6) is -1.06. The Morgan fingerprint density at radius 3 is 2.57 bits per heavy atom. The lowest BCUT2D eigenvalue weighted by Crippen LogP contribution is -2.10. The fourth-order valence-corrected chi connectivity index (χ4v) is 3.23. The van der Waals surface area contributed by atoms with E-state index in [-0.39, 0.29) is 5.56 Å². The Labute approximate surface area is 142 Å². The first-order chi connectivity index (χ1) is 10.8. The molecule has 0 aliphatic rings. The summed E-state index contributed by atoms with van der Waals surface area (Å²) in [6.07, 6.45) is 1.48.